The van der Waals surface area contributed by atoms with Crippen molar-refractivity contribution >= 4 is 27.3 Å². The molecule has 0 amide bonds. The summed E-state index contributed by atoms with van der Waals surface area (Å²) in [6, 6.07) is 9.95. The zero-order valence-electron chi connectivity index (χ0n) is 17.4. The van der Waals surface area contributed by atoms with E-state index in [1.54, 1.807) is 25.2 Å². The van der Waals surface area contributed by atoms with Crippen molar-refractivity contribution in [2.45, 2.75) is 31.0 Å². The zero-order valence-corrected chi connectivity index (χ0v) is 19.0. The molecule has 0 fully saturated rings. The van der Waals surface area contributed by atoms with E-state index in [-0.39, 0.29) is 5.82 Å². The van der Waals surface area contributed by atoms with Gasteiger partial charge in [0.15, 0.2) is 5.96 Å². The predicted octanol–water partition coefficient (Wildman–Crippen LogP) is 3.17. The summed E-state index contributed by atoms with van der Waals surface area (Å²) in [7, 11) is 0.222. The first-order valence-corrected chi connectivity index (χ1v) is 11.8. The number of benzene rings is 1. The van der Waals surface area contributed by atoms with Crippen molar-refractivity contribution in [3.8, 4) is 0 Å². The minimum absolute atomic E-state index is 0.253. The van der Waals surface area contributed by atoms with Gasteiger partial charge in [0.05, 0.1) is 0 Å². The molecule has 0 aliphatic heterocycles. The Morgan fingerprint density at radius 1 is 1.14 bits per heavy atom. The summed E-state index contributed by atoms with van der Waals surface area (Å²) in [6.07, 6.45) is 0.696. The lowest BCUT2D eigenvalue weighted by molar-refractivity contribution is 0.447. The van der Waals surface area contributed by atoms with Crippen molar-refractivity contribution in [1.29, 1.82) is 0 Å². The summed E-state index contributed by atoms with van der Waals surface area (Å²) >= 11 is 1.31. The number of thiophene rings is 1. The molecule has 0 atom stereocenters. The quantitative estimate of drug-likeness (QED) is 0.481. The van der Waals surface area contributed by atoms with E-state index in [1.807, 2.05) is 31.9 Å². The molecule has 0 bridgehead atoms. The van der Waals surface area contributed by atoms with Crippen LogP contribution in [-0.2, 0) is 23.0 Å². The van der Waals surface area contributed by atoms with E-state index < -0.39 is 10.0 Å². The van der Waals surface area contributed by atoms with Crippen molar-refractivity contribution in [2.24, 2.45) is 4.99 Å². The molecule has 1 aromatic carbocycles. The van der Waals surface area contributed by atoms with Crippen LogP contribution in [0.1, 0.15) is 24.3 Å². The zero-order chi connectivity index (χ0) is 21.4. The maximum Gasteiger partial charge on any atom is 0.252 e. The topological polar surface area (TPSA) is 65.0 Å². The van der Waals surface area contributed by atoms with Gasteiger partial charge < -0.3 is 10.2 Å². The summed E-state index contributed by atoms with van der Waals surface area (Å²) in [5, 5.41) is 3.29. The second kappa shape index (κ2) is 10.7. The SMILES string of the molecule is CCN(CC)S(=O)(=O)c1ccc(CCNC(=NC)N(C)Cc2ccc(F)cc2)s1. The van der Waals surface area contributed by atoms with E-state index >= 15 is 0 Å². The molecule has 2 rings (SSSR count). The van der Waals surface area contributed by atoms with Gasteiger partial charge in [-0.25, -0.2) is 12.8 Å². The van der Waals surface area contributed by atoms with Crippen LogP contribution < -0.4 is 5.32 Å². The van der Waals surface area contributed by atoms with E-state index in [9.17, 15) is 12.8 Å². The fourth-order valence-corrected chi connectivity index (χ4v) is 5.91. The normalized spacial score (nSPS) is 12.4. The van der Waals surface area contributed by atoms with Crippen LogP contribution in [0.15, 0.2) is 45.6 Å². The monoisotopic (exact) mass is 440 g/mol. The van der Waals surface area contributed by atoms with Gasteiger partial charge in [-0.05, 0) is 36.2 Å². The van der Waals surface area contributed by atoms with Gasteiger partial charge in [0.25, 0.3) is 10.0 Å². The van der Waals surface area contributed by atoms with Crippen LogP contribution in [0.3, 0.4) is 0 Å². The molecule has 0 aliphatic rings. The molecule has 0 radical (unpaired) electrons. The number of sulfonamides is 1. The molecule has 0 spiro atoms. The highest BCUT2D eigenvalue weighted by Gasteiger charge is 2.23. The molecule has 1 aromatic heterocycles. The average molecular weight is 441 g/mol. The molecular weight excluding hydrogens is 411 g/mol. The van der Waals surface area contributed by atoms with Gasteiger partial charge in [0.1, 0.15) is 10.0 Å². The number of halogens is 1. The van der Waals surface area contributed by atoms with Gasteiger partial charge in [-0.1, -0.05) is 26.0 Å². The highest BCUT2D eigenvalue weighted by molar-refractivity contribution is 7.91. The largest absolute Gasteiger partial charge is 0.356 e. The molecular formula is C20H29FN4O2S2. The summed E-state index contributed by atoms with van der Waals surface area (Å²) in [5.41, 5.74) is 0.987. The Morgan fingerprint density at radius 3 is 2.38 bits per heavy atom. The molecule has 0 unspecified atom stereocenters. The molecule has 160 valence electrons. The van der Waals surface area contributed by atoms with Crippen molar-refractivity contribution < 1.29 is 12.8 Å². The Bertz CT molecular complexity index is 907. The summed E-state index contributed by atoms with van der Waals surface area (Å²) in [6.45, 7) is 5.84. The lowest BCUT2D eigenvalue weighted by atomic mass is 10.2. The molecule has 2 aromatic rings. The van der Waals surface area contributed by atoms with Crippen molar-refractivity contribution in [3.05, 3.63) is 52.7 Å². The van der Waals surface area contributed by atoms with Crippen LogP contribution in [-0.4, -0.2) is 57.3 Å². The van der Waals surface area contributed by atoms with Gasteiger partial charge in [-0.2, -0.15) is 4.31 Å². The number of guanidine groups is 1. The van der Waals surface area contributed by atoms with Crippen LogP contribution in [0.5, 0.6) is 0 Å². The summed E-state index contributed by atoms with van der Waals surface area (Å²) in [4.78, 5) is 7.24. The van der Waals surface area contributed by atoms with Crippen LogP contribution in [0.2, 0.25) is 0 Å². The highest BCUT2D eigenvalue weighted by atomic mass is 32.2. The van der Waals surface area contributed by atoms with Crippen LogP contribution in [0.25, 0.3) is 0 Å². The number of rotatable bonds is 9. The molecule has 6 nitrogen and oxygen atoms in total. The van der Waals surface area contributed by atoms with Gasteiger partial charge in [0.2, 0.25) is 0 Å². The Hall–Kier alpha value is -1.97. The Morgan fingerprint density at radius 2 is 1.79 bits per heavy atom. The minimum Gasteiger partial charge on any atom is -0.356 e. The third-order valence-electron chi connectivity index (χ3n) is 4.50. The smallest absolute Gasteiger partial charge is 0.252 e. The van der Waals surface area contributed by atoms with E-state index in [2.05, 4.69) is 10.3 Å². The Labute approximate surface area is 177 Å². The number of hydrogen-bond donors (Lipinski definition) is 1. The standard InChI is InChI=1S/C20H29FN4O2S2/c1-5-25(6-2)29(26,27)19-12-11-18(28-19)13-14-23-20(22-3)24(4)15-16-7-9-17(21)10-8-16/h7-12H,5-6,13-15H2,1-4H3,(H,22,23). The molecule has 29 heavy (non-hydrogen) atoms. The maximum absolute atomic E-state index is 13.0. The second-order valence-electron chi connectivity index (χ2n) is 6.52. The first-order valence-electron chi connectivity index (χ1n) is 9.56. The van der Waals surface area contributed by atoms with Crippen LogP contribution >= 0.6 is 11.3 Å². The predicted molar refractivity (Wildman–Crippen MR) is 117 cm³/mol. The second-order valence-corrected chi connectivity index (χ2v) is 9.85. The fourth-order valence-electron chi connectivity index (χ4n) is 2.94. The van der Waals surface area contributed by atoms with E-state index in [0.29, 0.717) is 36.8 Å². The number of nitrogens with zero attached hydrogens (tertiary/aromatic N) is 3. The third kappa shape index (κ3) is 6.25. The van der Waals surface area contributed by atoms with Crippen LogP contribution in [0, 0.1) is 5.82 Å². The van der Waals surface area contributed by atoms with Crippen molar-refractivity contribution in [2.75, 3.05) is 33.7 Å². The lowest BCUT2D eigenvalue weighted by Gasteiger charge is -2.22. The first kappa shape index (κ1) is 23.3. The van der Waals surface area contributed by atoms with E-state index in [1.165, 1.54) is 27.8 Å². The van der Waals surface area contributed by atoms with Crippen LogP contribution in [0.4, 0.5) is 4.39 Å². The van der Waals surface area contributed by atoms with Gasteiger partial charge >= 0.3 is 0 Å². The molecule has 9 heteroatoms. The Balaban J connectivity index is 1.91. The van der Waals surface area contributed by atoms with Gasteiger partial charge in [-0.15, -0.1) is 11.3 Å². The lowest BCUT2D eigenvalue weighted by Crippen LogP contribution is -2.39. The van der Waals surface area contributed by atoms with E-state index in [4.69, 9.17) is 0 Å². The minimum atomic E-state index is -3.40. The van der Waals surface area contributed by atoms with Crippen molar-refractivity contribution in [1.82, 2.24) is 14.5 Å². The number of nitrogens with one attached hydrogen (secondary N) is 1. The third-order valence-corrected chi connectivity index (χ3v) is 8.16. The van der Waals surface area contributed by atoms with E-state index in [0.717, 1.165) is 16.4 Å². The van der Waals surface area contributed by atoms with Gasteiger partial charge in [-0.3, -0.25) is 4.99 Å². The number of hydrogen-bond acceptors (Lipinski definition) is 4. The molecule has 0 aliphatic carbocycles. The highest BCUT2D eigenvalue weighted by Crippen LogP contribution is 2.25. The molecule has 0 saturated heterocycles. The van der Waals surface area contributed by atoms with Gasteiger partial charge in [0, 0.05) is 45.2 Å². The summed E-state index contributed by atoms with van der Waals surface area (Å²) < 4.78 is 40.1. The molecule has 0 saturated carbocycles. The maximum atomic E-state index is 13.0. The Kier molecular flexibility index (Phi) is 8.60. The first-order chi connectivity index (χ1) is 13.8. The average Bonchev–Trinajstić information content (AvgIpc) is 3.17. The molecule has 1 heterocycles. The van der Waals surface area contributed by atoms with Crippen molar-refractivity contribution in [3.63, 3.8) is 0 Å². The number of aliphatic imine (C=N–C) groups is 1. The molecule has 1 N–H and O–H groups in total. The fraction of sp³-hybridized carbons (Fsp3) is 0.450. The summed E-state index contributed by atoms with van der Waals surface area (Å²) in [5.74, 6) is 0.471.